The smallest absolute Gasteiger partial charge is 0.408 e. The molecule has 0 spiro atoms. The van der Waals surface area contributed by atoms with E-state index in [1.807, 2.05) is 0 Å². The molecule has 0 radical (unpaired) electrons. The molecule has 0 saturated heterocycles. The Morgan fingerprint density at radius 3 is 2.15 bits per heavy atom. The first-order valence-corrected chi connectivity index (χ1v) is 4.16. The quantitative estimate of drug-likeness (QED) is 0.667. The summed E-state index contributed by atoms with van der Waals surface area (Å²) in [6.07, 6.45) is -0.761. The molecule has 5 heteroatoms. The molecule has 0 aromatic carbocycles. The van der Waals surface area contributed by atoms with E-state index in [2.05, 4.69) is 10.6 Å². The van der Waals surface area contributed by atoms with Crippen LogP contribution in [0.4, 0.5) is 4.79 Å². The van der Waals surface area contributed by atoms with E-state index in [0.29, 0.717) is 0 Å². The van der Waals surface area contributed by atoms with E-state index in [4.69, 9.17) is 4.74 Å². The number of alkyl carbamates (subject to hydrolysis) is 1. The second kappa shape index (κ2) is 5.40. The van der Waals surface area contributed by atoms with Gasteiger partial charge in [-0.3, -0.25) is 4.79 Å². The van der Waals surface area contributed by atoms with Crippen LogP contribution in [0.25, 0.3) is 0 Å². The lowest BCUT2D eigenvalue weighted by Gasteiger charge is -2.13. The highest BCUT2D eigenvalue weighted by Crippen LogP contribution is 1.90. The highest BCUT2D eigenvalue weighted by atomic mass is 16.6. The van der Waals surface area contributed by atoms with Crippen LogP contribution in [0.1, 0.15) is 20.8 Å². The highest BCUT2D eigenvalue weighted by Gasteiger charge is 2.14. The summed E-state index contributed by atoms with van der Waals surface area (Å²) >= 11 is 0. The molecule has 5 nitrogen and oxygen atoms in total. The van der Waals surface area contributed by atoms with Crippen LogP contribution in [0.2, 0.25) is 0 Å². The van der Waals surface area contributed by atoms with Gasteiger partial charge >= 0.3 is 6.09 Å². The molecule has 0 aromatic rings. The molecular formula is C8H16N2O3. The third-order valence-corrected chi connectivity index (χ3v) is 1.32. The van der Waals surface area contributed by atoms with E-state index in [0.717, 1.165) is 0 Å². The molecule has 0 saturated carbocycles. The maximum Gasteiger partial charge on any atom is 0.408 e. The standard InChI is InChI=1S/C8H16N2O3/c1-5(2)13-8(12)10-6(3)7(11)9-4/h5-6H,1-4H3,(H,9,11)(H,10,12)/t6-/m0/s1. The third kappa shape index (κ3) is 5.05. The van der Waals surface area contributed by atoms with Crippen LogP contribution >= 0.6 is 0 Å². The fraction of sp³-hybridized carbons (Fsp3) is 0.750. The Balaban J connectivity index is 3.85. The van der Waals surface area contributed by atoms with Gasteiger partial charge in [0, 0.05) is 7.05 Å². The number of ether oxygens (including phenoxy) is 1. The fourth-order valence-electron chi connectivity index (χ4n) is 0.707. The van der Waals surface area contributed by atoms with Crippen molar-refractivity contribution in [3.63, 3.8) is 0 Å². The number of amides is 2. The van der Waals surface area contributed by atoms with Crippen molar-refractivity contribution in [3.8, 4) is 0 Å². The Morgan fingerprint density at radius 1 is 1.23 bits per heavy atom. The zero-order chi connectivity index (χ0) is 10.4. The van der Waals surface area contributed by atoms with E-state index in [1.54, 1.807) is 20.8 Å². The summed E-state index contributed by atoms with van der Waals surface area (Å²) in [5, 5.41) is 4.80. The van der Waals surface area contributed by atoms with Gasteiger partial charge in [-0.05, 0) is 20.8 Å². The molecular weight excluding hydrogens is 172 g/mol. The first-order chi connectivity index (χ1) is 5.97. The minimum atomic E-state index is -0.578. The molecule has 0 aliphatic rings. The zero-order valence-corrected chi connectivity index (χ0v) is 8.38. The molecule has 13 heavy (non-hydrogen) atoms. The topological polar surface area (TPSA) is 67.4 Å². The molecule has 0 heterocycles. The average Bonchev–Trinajstić information content (AvgIpc) is 2.01. The molecule has 0 unspecified atom stereocenters. The van der Waals surface area contributed by atoms with E-state index < -0.39 is 12.1 Å². The van der Waals surface area contributed by atoms with Crippen LogP contribution < -0.4 is 10.6 Å². The van der Waals surface area contributed by atoms with Crippen LogP contribution in [0.3, 0.4) is 0 Å². The van der Waals surface area contributed by atoms with Crippen LogP contribution in [0.15, 0.2) is 0 Å². The lowest BCUT2D eigenvalue weighted by atomic mass is 10.3. The van der Waals surface area contributed by atoms with Crippen molar-refractivity contribution >= 4 is 12.0 Å². The number of likely N-dealkylation sites (N-methyl/N-ethyl adjacent to an activating group) is 1. The monoisotopic (exact) mass is 188 g/mol. The molecule has 76 valence electrons. The van der Waals surface area contributed by atoms with Crippen molar-refractivity contribution in [2.24, 2.45) is 0 Å². The Hall–Kier alpha value is -1.26. The van der Waals surface area contributed by atoms with Crippen LogP contribution in [-0.2, 0) is 9.53 Å². The first-order valence-electron chi connectivity index (χ1n) is 4.16. The normalized spacial score (nSPS) is 12.1. The van der Waals surface area contributed by atoms with Gasteiger partial charge in [0.25, 0.3) is 0 Å². The minimum Gasteiger partial charge on any atom is -0.447 e. The molecule has 2 amide bonds. The van der Waals surface area contributed by atoms with E-state index in [9.17, 15) is 9.59 Å². The number of nitrogens with one attached hydrogen (secondary N) is 2. The maximum absolute atomic E-state index is 11.0. The summed E-state index contributed by atoms with van der Waals surface area (Å²) in [5.41, 5.74) is 0. The zero-order valence-electron chi connectivity index (χ0n) is 8.38. The van der Waals surface area contributed by atoms with Gasteiger partial charge in [0.05, 0.1) is 6.10 Å². The van der Waals surface area contributed by atoms with E-state index in [1.165, 1.54) is 7.05 Å². The van der Waals surface area contributed by atoms with Gasteiger partial charge in [-0.1, -0.05) is 0 Å². The molecule has 0 rings (SSSR count). The lowest BCUT2D eigenvalue weighted by Crippen LogP contribution is -2.44. The van der Waals surface area contributed by atoms with Crippen LogP contribution in [0.5, 0.6) is 0 Å². The molecule has 0 aromatic heterocycles. The number of hydrogen-bond acceptors (Lipinski definition) is 3. The molecule has 0 aliphatic heterocycles. The van der Waals surface area contributed by atoms with Crippen molar-refractivity contribution < 1.29 is 14.3 Å². The number of carbonyl (C=O) groups is 2. The summed E-state index contributed by atoms with van der Waals surface area (Å²) < 4.78 is 4.79. The van der Waals surface area contributed by atoms with Gasteiger partial charge in [-0.25, -0.2) is 4.79 Å². The molecule has 2 N–H and O–H groups in total. The fourth-order valence-corrected chi connectivity index (χ4v) is 0.707. The van der Waals surface area contributed by atoms with E-state index >= 15 is 0 Å². The highest BCUT2D eigenvalue weighted by molar-refractivity contribution is 5.84. The summed E-state index contributed by atoms with van der Waals surface area (Å²) in [5.74, 6) is -0.249. The predicted octanol–water partition coefficient (Wildman–Crippen LogP) is 0.255. The van der Waals surface area contributed by atoms with Gasteiger partial charge in [0.2, 0.25) is 5.91 Å². The SMILES string of the molecule is CNC(=O)[C@H](C)NC(=O)OC(C)C. The second-order valence-corrected chi connectivity index (χ2v) is 2.93. The van der Waals surface area contributed by atoms with Crippen molar-refractivity contribution in [3.05, 3.63) is 0 Å². The summed E-state index contributed by atoms with van der Waals surface area (Å²) in [4.78, 5) is 21.9. The predicted molar refractivity (Wildman–Crippen MR) is 48.3 cm³/mol. The van der Waals surface area contributed by atoms with Crippen LogP contribution in [-0.4, -0.2) is 31.2 Å². The van der Waals surface area contributed by atoms with E-state index in [-0.39, 0.29) is 12.0 Å². The van der Waals surface area contributed by atoms with Gasteiger partial charge in [0.15, 0.2) is 0 Å². The minimum absolute atomic E-state index is 0.183. The van der Waals surface area contributed by atoms with Gasteiger partial charge < -0.3 is 15.4 Å². The largest absolute Gasteiger partial charge is 0.447 e. The van der Waals surface area contributed by atoms with Crippen molar-refractivity contribution in [1.29, 1.82) is 0 Å². The van der Waals surface area contributed by atoms with Gasteiger partial charge in [-0.15, -0.1) is 0 Å². The van der Waals surface area contributed by atoms with Gasteiger partial charge in [0.1, 0.15) is 6.04 Å². The van der Waals surface area contributed by atoms with Crippen molar-refractivity contribution in [2.45, 2.75) is 32.9 Å². The summed E-state index contributed by atoms with van der Waals surface area (Å²) in [6, 6.07) is -0.573. The summed E-state index contributed by atoms with van der Waals surface area (Å²) in [7, 11) is 1.51. The maximum atomic E-state index is 11.0. The molecule has 0 aliphatic carbocycles. The number of rotatable bonds is 3. The molecule has 0 bridgehead atoms. The molecule has 0 fully saturated rings. The summed E-state index contributed by atoms with van der Waals surface area (Å²) in [6.45, 7) is 5.06. The Labute approximate surface area is 77.8 Å². The number of hydrogen-bond donors (Lipinski definition) is 2. The van der Waals surface area contributed by atoms with Gasteiger partial charge in [-0.2, -0.15) is 0 Å². The Kier molecular flexibility index (Phi) is 4.87. The Bertz CT molecular complexity index is 192. The first kappa shape index (κ1) is 11.7. The van der Waals surface area contributed by atoms with Crippen LogP contribution in [0, 0.1) is 0 Å². The average molecular weight is 188 g/mol. The number of carbonyl (C=O) groups excluding carboxylic acids is 2. The third-order valence-electron chi connectivity index (χ3n) is 1.32. The molecule has 1 atom stereocenters. The second-order valence-electron chi connectivity index (χ2n) is 2.93. The Morgan fingerprint density at radius 2 is 1.77 bits per heavy atom. The van der Waals surface area contributed by atoms with Crippen molar-refractivity contribution in [2.75, 3.05) is 7.05 Å². The lowest BCUT2D eigenvalue weighted by molar-refractivity contribution is -0.122. The van der Waals surface area contributed by atoms with Crippen molar-refractivity contribution in [1.82, 2.24) is 10.6 Å².